The first-order chi connectivity index (χ1) is 51.1. The fraction of sp³-hybridized carbons (Fsp3) is 0.421. The monoisotopic (exact) mass is 1480 g/mol. The van der Waals surface area contributed by atoms with Crippen molar-refractivity contribution in [3.05, 3.63) is 155 Å². The third-order valence-corrected chi connectivity index (χ3v) is 19.5. The van der Waals surface area contributed by atoms with Gasteiger partial charge >= 0.3 is 5.97 Å². The minimum Gasteiger partial charge on any atom is -0.497 e. The maximum Gasteiger partial charge on any atom is 0.305 e. The van der Waals surface area contributed by atoms with Gasteiger partial charge in [-0.1, -0.05) is 42.8 Å². The molecule has 2 bridgehead atoms. The summed E-state index contributed by atoms with van der Waals surface area (Å²) in [6.07, 6.45) is 3.65. The first-order valence-corrected chi connectivity index (χ1v) is 35.5. The van der Waals surface area contributed by atoms with Crippen LogP contribution in [0.25, 0.3) is 21.8 Å². The smallest absolute Gasteiger partial charge is 0.305 e. The summed E-state index contributed by atoms with van der Waals surface area (Å²) in [5, 5.41) is 32.5. The van der Waals surface area contributed by atoms with E-state index in [1.165, 1.54) is 94.1 Å². The van der Waals surface area contributed by atoms with E-state index in [0.717, 1.165) is 5.56 Å². The van der Waals surface area contributed by atoms with Gasteiger partial charge in [-0.2, -0.15) is 0 Å². The Labute approximate surface area is 614 Å². The number of nitrogens with two attached hydrogens (primary N) is 1. The molecule has 3 aliphatic rings. The number of amides is 10. The van der Waals surface area contributed by atoms with E-state index < -0.39 is 144 Å². The molecule has 29 nitrogen and oxygen atoms in total. The Bertz CT molecular complexity index is 4410. The van der Waals surface area contributed by atoms with Gasteiger partial charge in [0.1, 0.15) is 58.9 Å². The highest BCUT2D eigenvalue weighted by Gasteiger charge is 2.49. The average molecular weight is 1480 g/mol. The van der Waals surface area contributed by atoms with Gasteiger partial charge in [-0.15, -0.1) is 0 Å². The SMILES string of the molecule is COc1ccc(C[C@@H]2NC(=O)[C@H](Cc3cnc[nH]3)NC(=O)[C@H](CC(=O)O)NC(=O)[C@H](Cc3c[nH]c4ccc(F)cc34)NC(=O)[C@H](Cc3c[nH]c4ccc(F)cc34)CC(=O)[C@@H](C)NC(=O)[C@H](CC(C)=O)CCCCNC(=O)Cc3ccc(cc3)CNC(=O)CCC[C@@H](C(N)=O)NC(=O)[C@]3(C)CCCN3C2=O)cc1. The van der Waals surface area contributed by atoms with Crippen molar-refractivity contribution in [3.63, 3.8) is 0 Å². The van der Waals surface area contributed by atoms with Gasteiger partial charge in [0.05, 0.1) is 32.3 Å². The van der Waals surface area contributed by atoms with Crippen LogP contribution in [0.15, 0.2) is 110 Å². The molecule has 3 aromatic heterocycles. The highest BCUT2D eigenvalue weighted by molar-refractivity contribution is 6.01. The number of methoxy groups -OCH3 is 1. The highest BCUT2D eigenvalue weighted by Crippen LogP contribution is 2.32. The standard InChI is InChI=1S/C76H90F2N14O15/c1-42(93)27-47-9-5-6-25-81-66(96)29-45-12-14-46(15-13-45)37-84-65(95)11-7-10-59(68(79)99)91-75(106)76(3)24-8-26-92(76)74(105)63(28-44-16-20-54(107-4)21-17-44)90-72(103)61(35-53-40-80-41-85-53)88-73(104)62(36-67(97)98)89-71(102)60(31-50-39-83-58-23-19-52(78)34-56(50)58)87-70(101)48(32-64(94)43(2)86-69(47)100)30-49-38-82-57-22-18-51(77)33-55(49)57/h12-23,33-34,38-41,43,47-48,59-63,82-83H,5-11,24-32,35-37H2,1-4H3,(H2,79,99)(H,80,85)(H,81,96)(H,84,95)(H,86,100)(H,87,101)(H,88,104)(H,89,102)(H,90,103)(H,91,106)(H,97,98)/t43-,47+,48-,59+,60+,61+,62+,63+,76+/m1/s1. The van der Waals surface area contributed by atoms with Crippen LogP contribution in [0.2, 0.25) is 0 Å². The van der Waals surface area contributed by atoms with Crippen molar-refractivity contribution in [3.8, 4) is 5.75 Å². The number of imidazole rings is 1. The number of aromatic nitrogens is 4. The van der Waals surface area contributed by atoms with Gasteiger partial charge in [0, 0.05) is 116 Å². The van der Waals surface area contributed by atoms with E-state index in [2.05, 4.69) is 62.5 Å². The predicted molar refractivity (Wildman–Crippen MR) is 386 cm³/mol. The molecule has 568 valence electrons. The van der Waals surface area contributed by atoms with Crippen LogP contribution >= 0.6 is 0 Å². The molecule has 9 atom stereocenters. The summed E-state index contributed by atoms with van der Waals surface area (Å²) in [4.78, 5) is 198. The summed E-state index contributed by atoms with van der Waals surface area (Å²) in [5.74, 6) is -13.9. The number of carbonyl (C=O) groups is 13. The molecule has 10 amide bonds. The number of primary amides is 1. The van der Waals surface area contributed by atoms with Crippen molar-refractivity contribution in [2.75, 3.05) is 20.2 Å². The number of nitrogens with zero attached hydrogens (tertiary/aromatic N) is 2. The number of rotatable bonds is 14. The number of halogens is 2. The number of fused-ring (bicyclic) bond motifs is 38. The van der Waals surface area contributed by atoms with Gasteiger partial charge in [0.25, 0.3) is 0 Å². The maximum absolute atomic E-state index is 15.3. The summed E-state index contributed by atoms with van der Waals surface area (Å²) in [6.45, 7) is 4.55. The van der Waals surface area contributed by atoms with E-state index in [9.17, 15) is 52.6 Å². The molecular formula is C76H90F2N14O15. The van der Waals surface area contributed by atoms with Gasteiger partial charge in [-0.3, -0.25) is 57.5 Å². The number of carboxylic acid groups (broad SMARTS) is 1. The molecule has 3 aliphatic heterocycles. The second-order valence-corrected chi connectivity index (χ2v) is 27.6. The zero-order valence-corrected chi connectivity index (χ0v) is 59.8. The lowest BCUT2D eigenvalue weighted by atomic mass is 9.90. The number of benzene rings is 4. The van der Waals surface area contributed by atoms with Crippen molar-refractivity contribution in [1.82, 2.24) is 67.4 Å². The van der Waals surface area contributed by atoms with Crippen molar-refractivity contribution in [1.29, 1.82) is 0 Å². The van der Waals surface area contributed by atoms with Crippen LogP contribution in [0.1, 0.15) is 125 Å². The molecule has 0 spiro atoms. The largest absolute Gasteiger partial charge is 0.497 e. The minimum atomic E-state index is -2.05. The molecule has 0 unspecified atom stereocenters. The van der Waals surface area contributed by atoms with E-state index in [1.54, 1.807) is 48.5 Å². The topological polar surface area (TPSA) is 437 Å². The van der Waals surface area contributed by atoms with Crippen molar-refractivity contribution in [2.45, 2.75) is 172 Å². The Morgan fingerprint density at radius 1 is 0.636 bits per heavy atom. The Balaban J connectivity index is 1.04. The second-order valence-electron chi connectivity index (χ2n) is 27.6. The molecule has 31 heteroatoms. The molecule has 0 saturated carbocycles. The van der Waals surface area contributed by atoms with E-state index in [-0.39, 0.29) is 125 Å². The number of hydrogen-bond acceptors (Lipinski definition) is 15. The first kappa shape index (κ1) is 79.5. The Morgan fingerprint density at radius 3 is 1.87 bits per heavy atom. The summed E-state index contributed by atoms with van der Waals surface area (Å²) in [5.41, 5.74) is 7.83. The zero-order valence-electron chi connectivity index (χ0n) is 59.8. The van der Waals surface area contributed by atoms with Gasteiger partial charge in [0.15, 0.2) is 5.78 Å². The van der Waals surface area contributed by atoms with Gasteiger partial charge in [0.2, 0.25) is 59.1 Å². The Hall–Kier alpha value is -11.7. The summed E-state index contributed by atoms with van der Waals surface area (Å²) in [7, 11) is 1.45. The third kappa shape index (κ3) is 22.0. The third-order valence-electron chi connectivity index (χ3n) is 19.5. The van der Waals surface area contributed by atoms with Gasteiger partial charge in [-0.05, 0) is 142 Å². The minimum absolute atomic E-state index is 0.00590. The van der Waals surface area contributed by atoms with Crippen LogP contribution in [0.5, 0.6) is 5.75 Å². The number of carboxylic acids is 1. The molecule has 0 aliphatic carbocycles. The van der Waals surface area contributed by atoms with Gasteiger partial charge in [-0.25, -0.2) is 13.8 Å². The number of carbonyl (C=O) groups excluding carboxylic acids is 12. The predicted octanol–water partition coefficient (Wildman–Crippen LogP) is 3.70. The van der Waals surface area contributed by atoms with Gasteiger partial charge < -0.3 is 82.8 Å². The first-order valence-electron chi connectivity index (χ1n) is 35.5. The van der Waals surface area contributed by atoms with Crippen LogP contribution in [-0.4, -0.2) is 169 Å². The molecule has 14 N–H and O–H groups in total. The molecular weight excluding hydrogens is 1390 g/mol. The molecule has 7 aromatic rings. The van der Waals surface area contributed by atoms with E-state index >= 15 is 23.6 Å². The number of Topliss-reactive ketones (excluding diaryl/α,β-unsaturated/α-hetero) is 2. The fourth-order valence-corrected chi connectivity index (χ4v) is 13.5. The lowest BCUT2D eigenvalue weighted by Crippen LogP contribution is -2.63. The Kier molecular flexibility index (Phi) is 27.4. The van der Waals surface area contributed by atoms with Crippen LogP contribution in [0, 0.1) is 23.5 Å². The van der Waals surface area contributed by atoms with Crippen molar-refractivity contribution >= 4 is 98.4 Å². The van der Waals surface area contributed by atoms with Crippen LogP contribution in [0.3, 0.4) is 0 Å². The van der Waals surface area contributed by atoms with E-state index in [4.69, 9.17) is 10.5 Å². The molecule has 1 saturated heterocycles. The lowest BCUT2D eigenvalue weighted by molar-refractivity contribution is -0.147. The molecule has 0 radical (unpaired) electrons. The number of H-pyrrole nitrogens is 3. The zero-order chi connectivity index (χ0) is 77.1. The number of aliphatic carboxylic acids is 1. The number of nitrogens with one attached hydrogen (secondary N) is 11. The summed E-state index contributed by atoms with van der Waals surface area (Å²) >= 11 is 0. The summed E-state index contributed by atoms with van der Waals surface area (Å²) in [6, 6.07) is 11.6. The normalized spacial score (nSPS) is 23.2. The van der Waals surface area contributed by atoms with Crippen molar-refractivity contribution < 1.29 is 81.0 Å². The van der Waals surface area contributed by atoms with Crippen LogP contribution in [0.4, 0.5) is 8.78 Å². The molecule has 1 fully saturated rings. The lowest BCUT2D eigenvalue weighted by Gasteiger charge is -2.37. The molecule has 4 aromatic carbocycles. The fourth-order valence-electron chi connectivity index (χ4n) is 13.5. The van der Waals surface area contributed by atoms with Crippen molar-refractivity contribution in [2.24, 2.45) is 17.6 Å². The number of ether oxygens (including phenoxy) is 1. The van der Waals surface area contributed by atoms with Crippen LogP contribution in [-0.2, 0) is 101 Å². The van der Waals surface area contributed by atoms with E-state index in [0.29, 0.717) is 51.7 Å². The Morgan fingerprint density at radius 2 is 1.24 bits per heavy atom. The molecule has 6 heterocycles. The molecule has 10 rings (SSSR count). The highest BCUT2D eigenvalue weighted by atomic mass is 19.1. The van der Waals surface area contributed by atoms with Crippen LogP contribution < -0.4 is 53.0 Å². The summed E-state index contributed by atoms with van der Waals surface area (Å²) < 4.78 is 35.3. The maximum atomic E-state index is 15.3. The quantitative estimate of drug-likeness (QED) is 0.0690. The number of aromatic amines is 3. The van der Waals surface area contributed by atoms with E-state index in [1.807, 2.05) is 0 Å². The number of hydrogen-bond donors (Lipinski definition) is 13. The average Bonchev–Trinajstić information content (AvgIpc) is 1.67. The number of ketones is 2. The molecule has 107 heavy (non-hydrogen) atoms. The second kappa shape index (κ2) is 36.9.